The van der Waals surface area contributed by atoms with Gasteiger partial charge in [-0.25, -0.2) is 0 Å². The van der Waals surface area contributed by atoms with Gasteiger partial charge in [0.25, 0.3) is 0 Å². The number of allylic oxidation sites excluding steroid dienone is 2. The van der Waals surface area contributed by atoms with Crippen molar-refractivity contribution in [1.29, 1.82) is 0 Å². The number of carbonyl (C=O) groups excluding carboxylic acids is 1. The van der Waals surface area contributed by atoms with Crippen molar-refractivity contribution in [1.82, 2.24) is 0 Å². The normalized spacial score (nSPS) is 27.0. The quantitative estimate of drug-likeness (QED) is 0.447. The first kappa shape index (κ1) is 12.8. The number of alkyl halides is 1. The highest BCUT2D eigenvalue weighted by molar-refractivity contribution is 9.09. The summed E-state index contributed by atoms with van der Waals surface area (Å²) in [5, 5.41) is 0.708. The lowest BCUT2D eigenvalue weighted by atomic mass is 10.1. The third kappa shape index (κ3) is 2.83. The molecule has 1 fully saturated rings. The molecule has 1 rings (SSSR count). The summed E-state index contributed by atoms with van der Waals surface area (Å²) in [6, 6.07) is 0. The molecule has 1 saturated carbocycles. The Hall–Kier alpha value is -0.310. The van der Waals surface area contributed by atoms with Crippen LogP contribution in [0.1, 0.15) is 27.7 Å². The van der Waals surface area contributed by atoms with Gasteiger partial charge in [0.2, 0.25) is 0 Å². The van der Waals surface area contributed by atoms with Gasteiger partial charge in [0.1, 0.15) is 6.61 Å². The fraction of sp³-hybridized carbons (Fsp3) is 0.750. The standard InChI is InChI=1S/C12H19BrO2/c1-8(2)7-9-10(12(9,3)4)11(14)15-6-5-13/h7,9-10H,5-6H2,1-4H3/t9-,10-/m1/s1. The van der Waals surface area contributed by atoms with Crippen LogP contribution in [0.5, 0.6) is 0 Å². The number of hydrogen-bond acceptors (Lipinski definition) is 2. The molecule has 2 nitrogen and oxygen atoms in total. The number of carbonyl (C=O) groups is 1. The summed E-state index contributed by atoms with van der Waals surface area (Å²) in [5.74, 6) is 0.346. The summed E-state index contributed by atoms with van der Waals surface area (Å²) >= 11 is 3.24. The second-order valence-corrected chi connectivity index (χ2v) is 5.72. The monoisotopic (exact) mass is 274 g/mol. The van der Waals surface area contributed by atoms with Gasteiger partial charge in [-0.1, -0.05) is 41.4 Å². The van der Waals surface area contributed by atoms with Crippen LogP contribution in [0.25, 0.3) is 0 Å². The summed E-state index contributed by atoms with van der Waals surface area (Å²) < 4.78 is 5.15. The largest absolute Gasteiger partial charge is 0.465 e. The fourth-order valence-corrected chi connectivity index (χ4v) is 2.19. The lowest BCUT2D eigenvalue weighted by Gasteiger charge is -2.02. The maximum Gasteiger partial charge on any atom is 0.310 e. The third-order valence-electron chi connectivity index (χ3n) is 3.00. The predicted molar refractivity (Wildman–Crippen MR) is 64.9 cm³/mol. The minimum absolute atomic E-state index is 0.0476. The van der Waals surface area contributed by atoms with Crippen LogP contribution in [0.3, 0.4) is 0 Å². The van der Waals surface area contributed by atoms with Gasteiger partial charge < -0.3 is 4.74 Å². The van der Waals surface area contributed by atoms with E-state index in [2.05, 4.69) is 49.7 Å². The van der Waals surface area contributed by atoms with E-state index in [0.717, 1.165) is 0 Å². The molecule has 0 unspecified atom stereocenters. The number of rotatable bonds is 4. The number of hydrogen-bond donors (Lipinski definition) is 0. The number of halogens is 1. The van der Waals surface area contributed by atoms with E-state index >= 15 is 0 Å². The zero-order valence-electron chi connectivity index (χ0n) is 9.84. The molecule has 2 atom stereocenters. The molecule has 0 radical (unpaired) electrons. The highest BCUT2D eigenvalue weighted by atomic mass is 79.9. The first-order chi connectivity index (χ1) is 6.91. The number of esters is 1. The van der Waals surface area contributed by atoms with E-state index < -0.39 is 0 Å². The molecule has 0 amide bonds. The van der Waals surface area contributed by atoms with Crippen LogP contribution >= 0.6 is 15.9 Å². The SMILES string of the molecule is CC(C)=C[C@@H]1[C@H](C(=O)OCCBr)C1(C)C. The van der Waals surface area contributed by atoms with Gasteiger partial charge in [0, 0.05) is 5.33 Å². The Bertz CT molecular complexity index is 277. The van der Waals surface area contributed by atoms with E-state index in [0.29, 0.717) is 17.9 Å². The van der Waals surface area contributed by atoms with Gasteiger partial charge in [-0.3, -0.25) is 4.79 Å². The van der Waals surface area contributed by atoms with Crippen molar-refractivity contribution in [3.63, 3.8) is 0 Å². The Labute approximate surface area is 100 Å². The highest BCUT2D eigenvalue weighted by Gasteiger charge is 2.61. The molecule has 0 aromatic heterocycles. The minimum atomic E-state index is -0.0537. The van der Waals surface area contributed by atoms with Crippen molar-refractivity contribution in [3.05, 3.63) is 11.6 Å². The molecule has 0 aromatic carbocycles. The van der Waals surface area contributed by atoms with Gasteiger partial charge in [-0.15, -0.1) is 0 Å². The number of ether oxygens (including phenoxy) is 1. The fourth-order valence-electron chi connectivity index (χ4n) is 2.03. The van der Waals surface area contributed by atoms with Crippen molar-refractivity contribution in [2.24, 2.45) is 17.3 Å². The van der Waals surface area contributed by atoms with Crippen LogP contribution in [0.15, 0.2) is 11.6 Å². The summed E-state index contributed by atoms with van der Waals surface area (Å²) in [6.07, 6.45) is 2.18. The lowest BCUT2D eigenvalue weighted by molar-refractivity contribution is -0.145. The average Bonchev–Trinajstić information content (AvgIpc) is 2.63. The predicted octanol–water partition coefficient (Wildman–Crippen LogP) is 3.16. The van der Waals surface area contributed by atoms with Crippen LogP contribution in [0.2, 0.25) is 0 Å². The Kier molecular flexibility index (Phi) is 3.99. The van der Waals surface area contributed by atoms with Crippen molar-refractivity contribution < 1.29 is 9.53 Å². The Morgan fingerprint density at radius 1 is 1.47 bits per heavy atom. The molecule has 3 heteroatoms. The zero-order valence-corrected chi connectivity index (χ0v) is 11.4. The Morgan fingerprint density at radius 2 is 2.07 bits per heavy atom. The zero-order chi connectivity index (χ0) is 11.6. The molecule has 0 spiro atoms. The van der Waals surface area contributed by atoms with Gasteiger partial charge >= 0.3 is 5.97 Å². The first-order valence-electron chi connectivity index (χ1n) is 5.29. The van der Waals surface area contributed by atoms with Gasteiger partial charge in [0.05, 0.1) is 5.92 Å². The molecule has 0 aliphatic heterocycles. The Morgan fingerprint density at radius 3 is 2.53 bits per heavy atom. The minimum Gasteiger partial charge on any atom is -0.465 e. The average molecular weight is 275 g/mol. The molecular formula is C12H19BrO2. The maximum absolute atomic E-state index is 11.7. The van der Waals surface area contributed by atoms with Crippen LogP contribution in [-0.4, -0.2) is 17.9 Å². The molecule has 1 aliphatic rings. The van der Waals surface area contributed by atoms with Crippen molar-refractivity contribution in [2.45, 2.75) is 27.7 Å². The molecule has 86 valence electrons. The van der Waals surface area contributed by atoms with E-state index in [4.69, 9.17) is 4.74 Å². The van der Waals surface area contributed by atoms with Crippen LogP contribution in [-0.2, 0) is 9.53 Å². The van der Waals surface area contributed by atoms with Crippen molar-refractivity contribution >= 4 is 21.9 Å². The first-order valence-corrected chi connectivity index (χ1v) is 6.41. The molecule has 15 heavy (non-hydrogen) atoms. The summed E-state index contributed by atoms with van der Waals surface area (Å²) in [7, 11) is 0. The van der Waals surface area contributed by atoms with Crippen LogP contribution in [0, 0.1) is 17.3 Å². The summed E-state index contributed by atoms with van der Waals surface area (Å²) in [4.78, 5) is 11.7. The summed E-state index contributed by atoms with van der Waals surface area (Å²) in [5.41, 5.74) is 1.34. The van der Waals surface area contributed by atoms with Gasteiger partial charge in [-0.2, -0.15) is 0 Å². The van der Waals surface area contributed by atoms with E-state index in [1.54, 1.807) is 0 Å². The van der Waals surface area contributed by atoms with Crippen LogP contribution < -0.4 is 0 Å². The second-order valence-electron chi connectivity index (χ2n) is 4.93. The Balaban J connectivity index is 2.58. The molecule has 0 bridgehead atoms. The highest BCUT2D eigenvalue weighted by Crippen LogP contribution is 2.59. The van der Waals surface area contributed by atoms with Crippen molar-refractivity contribution in [2.75, 3.05) is 11.9 Å². The topological polar surface area (TPSA) is 26.3 Å². The van der Waals surface area contributed by atoms with Gasteiger partial charge in [-0.05, 0) is 25.2 Å². The smallest absolute Gasteiger partial charge is 0.310 e. The van der Waals surface area contributed by atoms with Gasteiger partial charge in [0.15, 0.2) is 0 Å². The molecule has 0 aromatic rings. The molecule has 0 N–H and O–H groups in total. The molecular weight excluding hydrogens is 256 g/mol. The molecule has 1 aliphatic carbocycles. The van der Waals surface area contributed by atoms with E-state index in [-0.39, 0.29) is 17.3 Å². The maximum atomic E-state index is 11.7. The lowest BCUT2D eigenvalue weighted by Crippen LogP contribution is -2.12. The van der Waals surface area contributed by atoms with Crippen LogP contribution in [0.4, 0.5) is 0 Å². The van der Waals surface area contributed by atoms with E-state index in [1.807, 2.05) is 0 Å². The van der Waals surface area contributed by atoms with E-state index in [9.17, 15) is 4.79 Å². The third-order valence-corrected chi connectivity index (χ3v) is 3.32. The van der Waals surface area contributed by atoms with Crippen molar-refractivity contribution in [3.8, 4) is 0 Å². The molecule has 0 heterocycles. The molecule has 0 saturated heterocycles. The van der Waals surface area contributed by atoms with E-state index in [1.165, 1.54) is 5.57 Å². The summed E-state index contributed by atoms with van der Waals surface area (Å²) in [6.45, 7) is 8.84. The second kappa shape index (κ2) is 4.69.